The van der Waals surface area contributed by atoms with E-state index in [-0.39, 0.29) is 6.61 Å². The maximum Gasteiger partial charge on any atom is 0.145 e. The van der Waals surface area contributed by atoms with Gasteiger partial charge in [-0.1, -0.05) is 6.07 Å². The van der Waals surface area contributed by atoms with Crippen LogP contribution < -0.4 is 10.1 Å². The molecule has 1 atom stereocenters. The minimum Gasteiger partial charge on any atom is -0.491 e. The Labute approximate surface area is 143 Å². The first-order valence-electron chi connectivity index (χ1n) is 6.76. The number of benzene rings is 1. The molecule has 0 saturated carbocycles. The first kappa shape index (κ1) is 16.5. The van der Waals surface area contributed by atoms with Crippen LogP contribution in [-0.2, 0) is 0 Å². The standard InChI is InChI=1S/C16H16IN3O2/c1-11-2-7-16(20-15(11)8-18)19-9-13(21)10-22-14-5-3-12(17)4-6-14/h2-7,13,21H,9-10H2,1H3,(H,19,20). The van der Waals surface area contributed by atoms with Crippen molar-refractivity contribution in [2.75, 3.05) is 18.5 Å². The molecular weight excluding hydrogens is 393 g/mol. The van der Waals surface area contributed by atoms with Crippen molar-refractivity contribution in [3.8, 4) is 11.8 Å². The van der Waals surface area contributed by atoms with Gasteiger partial charge in [-0.3, -0.25) is 0 Å². The zero-order valence-electron chi connectivity index (χ0n) is 12.1. The SMILES string of the molecule is Cc1ccc(NCC(O)COc2ccc(I)cc2)nc1C#N. The van der Waals surface area contributed by atoms with Gasteiger partial charge >= 0.3 is 0 Å². The molecule has 0 spiro atoms. The number of nitrogens with one attached hydrogen (secondary N) is 1. The number of hydrogen-bond acceptors (Lipinski definition) is 5. The summed E-state index contributed by atoms with van der Waals surface area (Å²) in [6.45, 7) is 2.31. The zero-order valence-corrected chi connectivity index (χ0v) is 14.2. The summed E-state index contributed by atoms with van der Waals surface area (Å²) in [5.41, 5.74) is 1.21. The molecule has 2 rings (SSSR count). The highest BCUT2D eigenvalue weighted by Gasteiger charge is 2.07. The Morgan fingerprint density at radius 3 is 2.73 bits per heavy atom. The zero-order chi connectivity index (χ0) is 15.9. The van der Waals surface area contributed by atoms with Crippen LogP contribution in [0.3, 0.4) is 0 Å². The molecule has 0 saturated heterocycles. The van der Waals surface area contributed by atoms with Gasteiger partial charge in [0.2, 0.25) is 0 Å². The van der Waals surface area contributed by atoms with Crippen LogP contribution in [0.1, 0.15) is 11.3 Å². The van der Waals surface area contributed by atoms with Crippen LogP contribution in [-0.4, -0.2) is 29.3 Å². The largest absolute Gasteiger partial charge is 0.491 e. The molecule has 22 heavy (non-hydrogen) atoms. The van der Waals surface area contributed by atoms with E-state index in [0.29, 0.717) is 18.1 Å². The molecule has 1 unspecified atom stereocenters. The smallest absolute Gasteiger partial charge is 0.145 e. The van der Waals surface area contributed by atoms with Crippen molar-refractivity contribution in [3.05, 3.63) is 51.2 Å². The Hall–Kier alpha value is -1.85. The van der Waals surface area contributed by atoms with Crippen molar-refractivity contribution in [2.24, 2.45) is 0 Å². The van der Waals surface area contributed by atoms with Gasteiger partial charge in [0.1, 0.15) is 36.0 Å². The maximum atomic E-state index is 9.93. The van der Waals surface area contributed by atoms with E-state index in [1.165, 1.54) is 0 Å². The Morgan fingerprint density at radius 1 is 1.32 bits per heavy atom. The number of aliphatic hydroxyl groups excluding tert-OH is 1. The first-order valence-corrected chi connectivity index (χ1v) is 7.84. The lowest BCUT2D eigenvalue weighted by Crippen LogP contribution is -2.26. The van der Waals surface area contributed by atoms with E-state index >= 15 is 0 Å². The molecule has 1 aromatic carbocycles. The molecule has 0 aliphatic heterocycles. The Kier molecular flexibility index (Phi) is 5.98. The minimum atomic E-state index is -0.673. The average Bonchev–Trinajstić information content (AvgIpc) is 2.53. The van der Waals surface area contributed by atoms with E-state index in [0.717, 1.165) is 14.9 Å². The predicted octanol–water partition coefficient (Wildman–Crippen LogP) is 2.72. The second kappa shape index (κ2) is 7.96. The number of aromatic nitrogens is 1. The monoisotopic (exact) mass is 409 g/mol. The van der Waals surface area contributed by atoms with Gasteiger partial charge in [0.15, 0.2) is 0 Å². The van der Waals surface area contributed by atoms with E-state index in [1.54, 1.807) is 6.07 Å². The first-order chi connectivity index (χ1) is 10.6. The Morgan fingerprint density at radius 2 is 2.05 bits per heavy atom. The third kappa shape index (κ3) is 4.86. The van der Waals surface area contributed by atoms with Crippen molar-refractivity contribution >= 4 is 28.4 Å². The number of hydrogen-bond donors (Lipinski definition) is 2. The molecular formula is C16H16IN3O2. The van der Waals surface area contributed by atoms with Gasteiger partial charge in [0, 0.05) is 10.1 Å². The fourth-order valence-corrected chi connectivity index (χ4v) is 2.10. The summed E-state index contributed by atoms with van der Waals surface area (Å²) in [7, 11) is 0. The van der Waals surface area contributed by atoms with E-state index in [4.69, 9.17) is 10.00 Å². The lowest BCUT2D eigenvalue weighted by molar-refractivity contribution is 0.117. The van der Waals surface area contributed by atoms with Crippen molar-refractivity contribution in [1.82, 2.24) is 4.98 Å². The lowest BCUT2D eigenvalue weighted by Gasteiger charge is -2.14. The molecule has 2 N–H and O–H groups in total. The molecule has 5 nitrogen and oxygen atoms in total. The highest BCUT2D eigenvalue weighted by molar-refractivity contribution is 14.1. The van der Waals surface area contributed by atoms with E-state index in [1.807, 2.05) is 43.3 Å². The summed E-state index contributed by atoms with van der Waals surface area (Å²) in [6.07, 6.45) is -0.673. The molecule has 114 valence electrons. The molecule has 1 heterocycles. The minimum absolute atomic E-state index is 0.185. The number of nitrogens with zero attached hydrogens (tertiary/aromatic N) is 2. The number of nitriles is 1. The van der Waals surface area contributed by atoms with Crippen LogP contribution in [0.25, 0.3) is 0 Å². The predicted molar refractivity (Wildman–Crippen MR) is 92.8 cm³/mol. The second-order valence-corrected chi connectivity index (χ2v) is 6.02. The Bertz CT molecular complexity index is 668. The van der Waals surface area contributed by atoms with E-state index < -0.39 is 6.10 Å². The lowest BCUT2D eigenvalue weighted by atomic mass is 10.2. The molecule has 0 aliphatic rings. The van der Waals surface area contributed by atoms with Crippen LogP contribution in [0, 0.1) is 21.8 Å². The van der Waals surface area contributed by atoms with Crippen LogP contribution in [0.4, 0.5) is 5.82 Å². The van der Waals surface area contributed by atoms with Gasteiger partial charge in [-0.25, -0.2) is 4.98 Å². The topological polar surface area (TPSA) is 78.2 Å². The van der Waals surface area contributed by atoms with E-state index in [2.05, 4.69) is 32.9 Å². The van der Waals surface area contributed by atoms with Crippen molar-refractivity contribution < 1.29 is 9.84 Å². The number of aliphatic hydroxyl groups is 1. The molecule has 0 fully saturated rings. The summed E-state index contributed by atoms with van der Waals surface area (Å²) in [5, 5.41) is 21.9. The molecule has 2 aromatic rings. The number of anilines is 1. The third-order valence-corrected chi connectivity index (χ3v) is 3.70. The van der Waals surface area contributed by atoms with Gasteiger partial charge in [0.25, 0.3) is 0 Å². The van der Waals surface area contributed by atoms with Crippen LogP contribution in [0.5, 0.6) is 5.75 Å². The van der Waals surface area contributed by atoms with Crippen LogP contribution in [0.15, 0.2) is 36.4 Å². The summed E-state index contributed by atoms with van der Waals surface area (Å²) in [4.78, 5) is 4.17. The van der Waals surface area contributed by atoms with Crippen molar-refractivity contribution in [3.63, 3.8) is 0 Å². The molecule has 1 aromatic heterocycles. The van der Waals surface area contributed by atoms with Crippen LogP contribution >= 0.6 is 22.6 Å². The average molecular weight is 409 g/mol. The summed E-state index contributed by atoms with van der Waals surface area (Å²) in [5.74, 6) is 1.29. The van der Waals surface area contributed by atoms with Gasteiger partial charge in [-0.15, -0.1) is 0 Å². The molecule has 6 heteroatoms. The highest BCUT2D eigenvalue weighted by Crippen LogP contribution is 2.14. The fourth-order valence-electron chi connectivity index (χ4n) is 1.74. The quantitative estimate of drug-likeness (QED) is 0.718. The van der Waals surface area contributed by atoms with Crippen molar-refractivity contribution in [2.45, 2.75) is 13.0 Å². The fraction of sp³-hybridized carbons (Fsp3) is 0.250. The normalized spacial score (nSPS) is 11.5. The van der Waals surface area contributed by atoms with Gasteiger partial charge in [0.05, 0.1) is 0 Å². The third-order valence-electron chi connectivity index (χ3n) is 2.98. The number of ether oxygens (including phenoxy) is 1. The Balaban J connectivity index is 1.81. The van der Waals surface area contributed by atoms with Crippen molar-refractivity contribution in [1.29, 1.82) is 5.26 Å². The number of rotatable bonds is 6. The van der Waals surface area contributed by atoms with Gasteiger partial charge in [-0.2, -0.15) is 5.26 Å². The summed E-state index contributed by atoms with van der Waals surface area (Å²) < 4.78 is 6.64. The van der Waals surface area contributed by atoms with E-state index in [9.17, 15) is 5.11 Å². The molecule has 0 radical (unpaired) electrons. The maximum absolute atomic E-state index is 9.93. The number of aryl methyl sites for hydroxylation is 1. The highest BCUT2D eigenvalue weighted by atomic mass is 127. The van der Waals surface area contributed by atoms with Crippen LogP contribution in [0.2, 0.25) is 0 Å². The van der Waals surface area contributed by atoms with Gasteiger partial charge < -0.3 is 15.2 Å². The van der Waals surface area contributed by atoms with Gasteiger partial charge in [-0.05, 0) is 65.4 Å². The molecule has 0 amide bonds. The molecule has 0 aliphatic carbocycles. The number of halogens is 1. The summed E-state index contributed by atoms with van der Waals surface area (Å²) in [6, 6.07) is 13.3. The molecule has 0 bridgehead atoms. The second-order valence-electron chi connectivity index (χ2n) is 4.77. The summed E-state index contributed by atoms with van der Waals surface area (Å²) >= 11 is 2.22. The number of pyridine rings is 1.